The molecule has 0 bridgehead atoms. The van der Waals surface area contributed by atoms with Crippen LogP contribution in [-0.2, 0) is 16.1 Å². The molecular formula is C13H17NO4. The van der Waals surface area contributed by atoms with Gasteiger partial charge in [-0.3, -0.25) is 4.79 Å². The predicted molar refractivity (Wildman–Crippen MR) is 66.3 cm³/mol. The average Bonchev–Trinajstić information content (AvgIpc) is 2.36. The topological polar surface area (TPSA) is 75.6 Å². The lowest BCUT2D eigenvalue weighted by molar-refractivity contribution is -0.145. The Labute approximate surface area is 106 Å². The molecular weight excluding hydrogens is 234 g/mol. The van der Waals surface area contributed by atoms with E-state index in [1.807, 2.05) is 0 Å². The van der Waals surface area contributed by atoms with Crippen molar-refractivity contribution in [1.82, 2.24) is 5.32 Å². The average molecular weight is 251 g/mol. The van der Waals surface area contributed by atoms with E-state index in [1.54, 1.807) is 26.0 Å². The van der Waals surface area contributed by atoms with Gasteiger partial charge in [0.25, 0.3) is 0 Å². The molecule has 0 aliphatic heterocycles. The van der Waals surface area contributed by atoms with E-state index in [0.717, 1.165) is 5.56 Å². The molecule has 0 aliphatic carbocycles. The van der Waals surface area contributed by atoms with Gasteiger partial charge in [-0.2, -0.15) is 0 Å². The van der Waals surface area contributed by atoms with Gasteiger partial charge in [0.05, 0.1) is 12.2 Å². The van der Waals surface area contributed by atoms with Crippen LogP contribution in [0.5, 0.6) is 0 Å². The molecule has 1 atom stereocenters. The third kappa shape index (κ3) is 4.18. The first-order chi connectivity index (χ1) is 8.54. The number of hydrogen-bond donors (Lipinski definition) is 2. The monoisotopic (exact) mass is 251 g/mol. The van der Waals surface area contributed by atoms with Crippen molar-refractivity contribution in [3.05, 3.63) is 35.4 Å². The van der Waals surface area contributed by atoms with E-state index >= 15 is 0 Å². The highest BCUT2D eigenvalue weighted by Gasteiger charge is 2.12. The summed E-state index contributed by atoms with van der Waals surface area (Å²) in [5, 5.41) is 11.8. The van der Waals surface area contributed by atoms with Gasteiger partial charge in [-0.15, -0.1) is 0 Å². The minimum absolute atomic E-state index is 0.247. The first-order valence-corrected chi connectivity index (χ1v) is 5.76. The lowest BCUT2D eigenvalue weighted by atomic mass is 10.1. The van der Waals surface area contributed by atoms with Crippen LogP contribution in [-0.4, -0.2) is 29.7 Å². The highest BCUT2D eigenvalue weighted by Crippen LogP contribution is 2.04. The molecule has 98 valence electrons. The second-order valence-corrected chi connectivity index (χ2v) is 3.86. The second-order valence-electron chi connectivity index (χ2n) is 3.86. The fraction of sp³-hybridized carbons (Fsp3) is 0.385. The van der Waals surface area contributed by atoms with Crippen LogP contribution in [0.4, 0.5) is 0 Å². The van der Waals surface area contributed by atoms with Crippen LogP contribution in [0.25, 0.3) is 0 Å². The third-order valence-corrected chi connectivity index (χ3v) is 2.45. The Bertz CT molecular complexity index is 414. The van der Waals surface area contributed by atoms with Crippen LogP contribution in [0.15, 0.2) is 24.3 Å². The number of rotatable bonds is 6. The number of aromatic carboxylic acids is 1. The molecule has 0 radical (unpaired) electrons. The molecule has 0 saturated heterocycles. The number of carbonyl (C=O) groups is 2. The van der Waals surface area contributed by atoms with Gasteiger partial charge in [0.2, 0.25) is 0 Å². The van der Waals surface area contributed by atoms with Gasteiger partial charge < -0.3 is 15.2 Å². The molecule has 1 aromatic rings. The minimum atomic E-state index is -0.950. The lowest BCUT2D eigenvalue weighted by Gasteiger charge is -2.12. The number of benzene rings is 1. The fourth-order valence-corrected chi connectivity index (χ4v) is 1.39. The maximum absolute atomic E-state index is 11.3. The molecule has 0 aromatic heterocycles. The van der Waals surface area contributed by atoms with E-state index < -0.39 is 5.97 Å². The van der Waals surface area contributed by atoms with E-state index in [1.165, 1.54) is 12.1 Å². The van der Waals surface area contributed by atoms with Crippen LogP contribution >= 0.6 is 0 Å². The molecule has 5 heteroatoms. The van der Waals surface area contributed by atoms with Crippen molar-refractivity contribution >= 4 is 11.9 Å². The predicted octanol–water partition coefficient (Wildman–Crippen LogP) is 1.43. The first-order valence-electron chi connectivity index (χ1n) is 5.76. The SMILES string of the molecule is CCOC(=O)C(C)NCc1ccc(C(=O)O)cc1. The van der Waals surface area contributed by atoms with Gasteiger partial charge in [-0.1, -0.05) is 12.1 Å². The normalized spacial score (nSPS) is 11.9. The maximum Gasteiger partial charge on any atom is 0.335 e. The highest BCUT2D eigenvalue weighted by molar-refractivity contribution is 5.87. The van der Waals surface area contributed by atoms with Crippen molar-refractivity contribution in [3.8, 4) is 0 Å². The fourth-order valence-electron chi connectivity index (χ4n) is 1.39. The van der Waals surface area contributed by atoms with E-state index in [0.29, 0.717) is 13.2 Å². The molecule has 0 amide bonds. The summed E-state index contributed by atoms with van der Waals surface area (Å²) in [4.78, 5) is 22.0. The number of carboxylic acid groups (broad SMARTS) is 1. The van der Waals surface area contributed by atoms with Crippen LogP contribution in [0, 0.1) is 0 Å². The van der Waals surface area contributed by atoms with Crippen LogP contribution < -0.4 is 5.32 Å². The Hall–Kier alpha value is -1.88. The minimum Gasteiger partial charge on any atom is -0.478 e. The van der Waals surface area contributed by atoms with Crippen molar-refractivity contribution in [2.75, 3.05) is 6.61 Å². The molecule has 0 aliphatic rings. The van der Waals surface area contributed by atoms with Crippen molar-refractivity contribution in [3.63, 3.8) is 0 Å². The standard InChI is InChI=1S/C13H17NO4/c1-3-18-13(17)9(2)14-8-10-4-6-11(7-5-10)12(15)16/h4-7,9,14H,3,8H2,1-2H3,(H,15,16). The second kappa shape index (κ2) is 6.76. The largest absolute Gasteiger partial charge is 0.478 e. The van der Waals surface area contributed by atoms with Gasteiger partial charge in [-0.05, 0) is 31.5 Å². The van der Waals surface area contributed by atoms with Crippen molar-refractivity contribution in [2.45, 2.75) is 26.4 Å². The zero-order valence-electron chi connectivity index (χ0n) is 10.5. The molecule has 1 unspecified atom stereocenters. The third-order valence-electron chi connectivity index (χ3n) is 2.45. The lowest BCUT2D eigenvalue weighted by Crippen LogP contribution is -2.34. The quantitative estimate of drug-likeness (QED) is 0.748. The van der Waals surface area contributed by atoms with Crippen LogP contribution in [0.1, 0.15) is 29.8 Å². The van der Waals surface area contributed by atoms with Crippen molar-refractivity contribution in [2.24, 2.45) is 0 Å². The molecule has 5 nitrogen and oxygen atoms in total. The summed E-state index contributed by atoms with van der Waals surface area (Å²) < 4.78 is 4.86. The van der Waals surface area contributed by atoms with Crippen molar-refractivity contribution < 1.29 is 19.4 Å². The molecule has 18 heavy (non-hydrogen) atoms. The summed E-state index contributed by atoms with van der Waals surface area (Å²) >= 11 is 0. The summed E-state index contributed by atoms with van der Waals surface area (Å²) in [5.41, 5.74) is 1.16. The van der Waals surface area contributed by atoms with Gasteiger partial charge in [0.1, 0.15) is 6.04 Å². The summed E-state index contributed by atoms with van der Waals surface area (Å²) in [6.07, 6.45) is 0. The van der Waals surface area contributed by atoms with E-state index in [2.05, 4.69) is 5.32 Å². The van der Waals surface area contributed by atoms with Gasteiger partial charge in [0.15, 0.2) is 0 Å². The number of nitrogens with one attached hydrogen (secondary N) is 1. The summed E-state index contributed by atoms with van der Waals surface area (Å²) in [7, 11) is 0. The smallest absolute Gasteiger partial charge is 0.335 e. The van der Waals surface area contributed by atoms with E-state index in [-0.39, 0.29) is 17.6 Å². The Morgan fingerprint density at radius 1 is 1.33 bits per heavy atom. The summed E-state index contributed by atoms with van der Waals surface area (Å²) in [6.45, 7) is 4.33. The van der Waals surface area contributed by atoms with Crippen LogP contribution in [0.3, 0.4) is 0 Å². The highest BCUT2D eigenvalue weighted by atomic mass is 16.5. The van der Waals surface area contributed by atoms with Gasteiger partial charge in [-0.25, -0.2) is 4.79 Å². The first kappa shape index (κ1) is 14.2. The molecule has 0 spiro atoms. The van der Waals surface area contributed by atoms with E-state index in [4.69, 9.17) is 9.84 Å². The zero-order chi connectivity index (χ0) is 13.5. The molecule has 1 aromatic carbocycles. The summed E-state index contributed by atoms with van der Waals surface area (Å²) in [6, 6.07) is 6.12. The Kier molecular flexibility index (Phi) is 5.32. The Morgan fingerprint density at radius 3 is 2.44 bits per heavy atom. The van der Waals surface area contributed by atoms with Crippen LogP contribution in [0.2, 0.25) is 0 Å². The van der Waals surface area contributed by atoms with E-state index in [9.17, 15) is 9.59 Å². The molecule has 0 saturated carbocycles. The number of carboxylic acids is 1. The Morgan fingerprint density at radius 2 is 1.94 bits per heavy atom. The number of carbonyl (C=O) groups excluding carboxylic acids is 1. The Balaban J connectivity index is 2.48. The van der Waals surface area contributed by atoms with Gasteiger partial charge in [0, 0.05) is 6.54 Å². The molecule has 2 N–H and O–H groups in total. The number of ether oxygens (including phenoxy) is 1. The molecule has 0 fully saturated rings. The van der Waals surface area contributed by atoms with Crippen molar-refractivity contribution in [1.29, 1.82) is 0 Å². The van der Waals surface area contributed by atoms with Gasteiger partial charge >= 0.3 is 11.9 Å². The zero-order valence-corrected chi connectivity index (χ0v) is 10.5. The number of esters is 1. The molecule has 1 rings (SSSR count). The molecule has 0 heterocycles. The summed E-state index contributed by atoms with van der Waals surface area (Å²) in [5.74, 6) is -1.24. The maximum atomic E-state index is 11.3. The number of hydrogen-bond acceptors (Lipinski definition) is 4.